The first-order chi connectivity index (χ1) is 7.29. The second kappa shape index (κ2) is 6.73. The fourth-order valence-electron chi connectivity index (χ4n) is 1.62. The van der Waals surface area contributed by atoms with E-state index in [0.717, 1.165) is 13.1 Å². The Morgan fingerprint density at radius 2 is 1.93 bits per heavy atom. The predicted molar refractivity (Wildman–Crippen MR) is 55.4 cm³/mol. The van der Waals surface area contributed by atoms with Crippen LogP contribution in [0.3, 0.4) is 0 Å². The van der Waals surface area contributed by atoms with Crippen LogP contribution in [-0.4, -0.2) is 73.0 Å². The summed E-state index contributed by atoms with van der Waals surface area (Å²) in [6.07, 6.45) is 0. The van der Waals surface area contributed by atoms with Crippen molar-refractivity contribution in [3.8, 4) is 0 Å². The third-order valence-corrected chi connectivity index (χ3v) is 2.39. The van der Waals surface area contributed by atoms with Gasteiger partial charge in [0.15, 0.2) is 0 Å². The van der Waals surface area contributed by atoms with Crippen molar-refractivity contribution in [3.05, 3.63) is 0 Å². The molecule has 6 nitrogen and oxygen atoms in total. The van der Waals surface area contributed by atoms with Gasteiger partial charge in [0.2, 0.25) is 5.91 Å². The van der Waals surface area contributed by atoms with Crippen molar-refractivity contribution >= 4 is 5.91 Å². The summed E-state index contributed by atoms with van der Waals surface area (Å²) in [5.41, 5.74) is 0. The van der Waals surface area contributed by atoms with Crippen LogP contribution in [0.5, 0.6) is 0 Å². The van der Waals surface area contributed by atoms with E-state index in [2.05, 4.69) is 10.6 Å². The highest BCUT2D eigenvalue weighted by molar-refractivity contribution is 5.82. The molecule has 0 radical (unpaired) electrons. The van der Waals surface area contributed by atoms with Crippen LogP contribution < -0.4 is 10.6 Å². The first-order valence-corrected chi connectivity index (χ1v) is 5.24. The number of amides is 1. The monoisotopic (exact) mass is 217 g/mol. The van der Waals surface area contributed by atoms with Crippen LogP contribution >= 0.6 is 0 Å². The first kappa shape index (κ1) is 12.4. The second-order valence-corrected chi connectivity index (χ2v) is 3.48. The topological polar surface area (TPSA) is 84.8 Å². The average molecular weight is 217 g/mol. The van der Waals surface area contributed by atoms with Crippen molar-refractivity contribution in [2.24, 2.45) is 0 Å². The van der Waals surface area contributed by atoms with Gasteiger partial charge in [-0.3, -0.25) is 4.79 Å². The summed E-state index contributed by atoms with van der Waals surface area (Å²) in [5.74, 6) is -0.0645. The summed E-state index contributed by atoms with van der Waals surface area (Å²) < 4.78 is 0. The normalized spacial score (nSPS) is 21.3. The maximum atomic E-state index is 11.9. The van der Waals surface area contributed by atoms with Crippen LogP contribution in [0.15, 0.2) is 0 Å². The maximum Gasteiger partial charge on any atom is 0.241 e. The van der Waals surface area contributed by atoms with Crippen molar-refractivity contribution in [3.63, 3.8) is 0 Å². The molecular weight excluding hydrogens is 198 g/mol. The molecule has 1 aliphatic rings. The highest BCUT2D eigenvalue weighted by Gasteiger charge is 2.24. The second-order valence-electron chi connectivity index (χ2n) is 3.48. The molecule has 0 saturated carbocycles. The lowest BCUT2D eigenvalue weighted by Crippen LogP contribution is -2.57. The summed E-state index contributed by atoms with van der Waals surface area (Å²) in [4.78, 5) is 13.4. The third-order valence-electron chi connectivity index (χ3n) is 2.39. The maximum absolute atomic E-state index is 11.9. The van der Waals surface area contributed by atoms with E-state index in [0.29, 0.717) is 6.54 Å². The van der Waals surface area contributed by atoms with Gasteiger partial charge in [0, 0.05) is 32.7 Å². The Morgan fingerprint density at radius 1 is 1.27 bits per heavy atom. The molecule has 1 fully saturated rings. The lowest BCUT2D eigenvalue weighted by molar-refractivity contribution is -0.134. The van der Waals surface area contributed by atoms with Crippen LogP contribution in [0, 0.1) is 0 Å². The molecule has 15 heavy (non-hydrogen) atoms. The van der Waals surface area contributed by atoms with Gasteiger partial charge in [-0.15, -0.1) is 0 Å². The number of hydrogen-bond donors (Lipinski definition) is 4. The smallest absolute Gasteiger partial charge is 0.241 e. The molecule has 1 saturated heterocycles. The largest absolute Gasteiger partial charge is 0.395 e. The zero-order valence-electron chi connectivity index (χ0n) is 8.78. The van der Waals surface area contributed by atoms with Gasteiger partial charge in [0.05, 0.1) is 19.3 Å². The highest BCUT2D eigenvalue weighted by atomic mass is 16.3. The fraction of sp³-hybridized carbons (Fsp3) is 0.889. The van der Waals surface area contributed by atoms with E-state index in [1.54, 1.807) is 0 Å². The predicted octanol–water partition coefficient (Wildman–Crippen LogP) is -2.64. The van der Waals surface area contributed by atoms with Gasteiger partial charge in [0.1, 0.15) is 0 Å². The molecule has 0 aromatic carbocycles. The Kier molecular flexibility index (Phi) is 5.56. The van der Waals surface area contributed by atoms with Gasteiger partial charge >= 0.3 is 0 Å². The van der Waals surface area contributed by atoms with E-state index in [-0.39, 0.29) is 38.3 Å². The number of nitrogens with one attached hydrogen (secondary N) is 2. The van der Waals surface area contributed by atoms with Crippen molar-refractivity contribution in [2.45, 2.75) is 6.04 Å². The molecule has 0 aliphatic carbocycles. The van der Waals surface area contributed by atoms with Crippen LogP contribution in [-0.2, 0) is 4.79 Å². The molecule has 1 rings (SSSR count). The molecule has 1 heterocycles. The van der Waals surface area contributed by atoms with E-state index in [1.165, 1.54) is 4.90 Å². The minimum absolute atomic E-state index is 0.0645. The molecule has 0 spiro atoms. The summed E-state index contributed by atoms with van der Waals surface area (Å²) in [6.45, 7) is 2.63. The van der Waals surface area contributed by atoms with Crippen molar-refractivity contribution in [2.75, 3.05) is 45.9 Å². The number of nitrogens with zero attached hydrogens (tertiary/aromatic N) is 1. The van der Waals surface area contributed by atoms with Crippen molar-refractivity contribution in [1.29, 1.82) is 0 Å². The molecule has 0 bridgehead atoms. The summed E-state index contributed by atoms with van der Waals surface area (Å²) in [6, 6.07) is -0.239. The molecular formula is C9H19N3O3. The Hall–Kier alpha value is -0.690. The lowest BCUT2D eigenvalue weighted by Gasteiger charge is -2.29. The van der Waals surface area contributed by atoms with Crippen molar-refractivity contribution in [1.82, 2.24) is 15.5 Å². The van der Waals surface area contributed by atoms with E-state index in [4.69, 9.17) is 10.2 Å². The molecule has 4 N–H and O–H groups in total. The van der Waals surface area contributed by atoms with Crippen molar-refractivity contribution < 1.29 is 15.0 Å². The fourth-order valence-corrected chi connectivity index (χ4v) is 1.62. The Labute approximate surface area is 89.3 Å². The number of carbonyl (C=O) groups excluding carboxylic acids is 1. The minimum Gasteiger partial charge on any atom is -0.395 e. The van der Waals surface area contributed by atoms with E-state index < -0.39 is 0 Å². The molecule has 0 aromatic heterocycles. The van der Waals surface area contributed by atoms with Crippen LogP contribution in [0.1, 0.15) is 0 Å². The van der Waals surface area contributed by atoms with Gasteiger partial charge < -0.3 is 25.7 Å². The number of hydrogen-bond acceptors (Lipinski definition) is 5. The highest BCUT2D eigenvalue weighted by Crippen LogP contribution is 1.97. The zero-order valence-corrected chi connectivity index (χ0v) is 8.78. The zero-order chi connectivity index (χ0) is 11.1. The molecule has 1 aliphatic heterocycles. The summed E-state index contributed by atoms with van der Waals surface area (Å²) in [5, 5.41) is 23.8. The van der Waals surface area contributed by atoms with Crippen LogP contribution in [0.2, 0.25) is 0 Å². The van der Waals surface area contributed by atoms with Gasteiger partial charge in [0.25, 0.3) is 0 Å². The van der Waals surface area contributed by atoms with E-state index in [9.17, 15) is 4.79 Å². The summed E-state index contributed by atoms with van der Waals surface area (Å²) in [7, 11) is 0. The Balaban J connectivity index is 2.45. The van der Waals surface area contributed by atoms with Gasteiger partial charge in [-0.1, -0.05) is 0 Å². The third kappa shape index (κ3) is 3.75. The number of carbonyl (C=O) groups is 1. The molecule has 88 valence electrons. The Bertz CT molecular complexity index is 189. The van der Waals surface area contributed by atoms with Gasteiger partial charge in [-0.2, -0.15) is 0 Å². The molecule has 1 amide bonds. The van der Waals surface area contributed by atoms with Gasteiger partial charge in [-0.25, -0.2) is 0 Å². The summed E-state index contributed by atoms with van der Waals surface area (Å²) >= 11 is 0. The number of piperazine rings is 1. The van der Waals surface area contributed by atoms with E-state index in [1.807, 2.05) is 0 Å². The number of rotatable bonds is 5. The minimum atomic E-state index is -0.239. The van der Waals surface area contributed by atoms with Crippen LogP contribution in [0.4, 0.5) is 0 Å². The average Bonchev–Trinajstić information content (AvgIpc) is 2.29. The molecule has 1 atom stereocenters. The first-order valence-electron chi connectivity index (χ1n) is 5.24. The quantitative estimate of drug-likeness (QED) is 0.404. The standard InChI is InChI=1S/C9H19N3O3/c13-5-3-12(4-6-14)9(15)8-7-10-1-2-11-8/h8,10-11,13-14H,1-7H2. The number of aliphatic hydroxyl groups excluding tert-OH is 2. The number of aliphatic hydroxyl groups is 2. The molecule has 0 aromatic rings. The SMILES string of the molecule is O=C(C1CNCCN1)N(CCO)CCO. The lowest BCUT2D eigenvalue weighted by atomic mass is 10.2. The molecule has 1 unspecified atom stereocenters. The van der Waals surface area contributed by atoms with E-state index >= 15 is 0 Å². The van der Waals surface area contributed by atoms with Crippen LogP contribution in [0.25, 0.3) is 0 Å². The Morgan fingerprint density at radius 3 is 2.40 bits per heavy atom. The van der Waals surface area contributed by atoms with Gasteiger partial charge in [-0.05, 0) is 0 Å². The molecule has 6 heteroatoms.